The first kappa shape index (κ1) is 24.6. The van der Waals surface area contributed by atoms with Crippen LogP contribution in [0.4, 0.5) is 10.5 Å². The van der Waals surface area contributed by atoms with Crippen LogP contribution in [-0.2, 0) is 15.6 Å². The van der Waals surface area contributed by atoms with E-state index in [0.717, 1.165) is 24.0 Å². The molecule has 0 atom stereocenters. The van der Waals surface area contributed by atoms with E-state index in [-0.39, 0.29) is 16.7 Å². The normalized spacial score (nSPS) is 15.9. The molecular weight excluding hydrogens is 448 g/mol. The molecule has 1 saturated carbocycles. The number of anilines is 1. The van der Waals surface area contributed by atoms with Gasteiger partial charge in [-0.2, -0.15) is 0 Å². The van der Waals surface area contributed by atoms with Crippen LogP contribution in [0.5, 0.6) is 0 Å². The first-order chi connectivity index (χ1) is 14.9. The molecule has 3 rings (SSSR count). The van der Waals surface area contributed by atoms with Gasteiger partial charge in [0.1, 0.15) is 0 Å². The highest BCUT2D eigenvalue weighted by atomic mass is 35.5. The van der Waals surface area contributed by atoms with Gasteiger partial charge in [0.05, 0.1) is 10.5 Å². The number of carbonyl (C=O) groups excluding carboxylic acids is 1. The zero-order valence-electron chi connectivity index (χ0n) is 18.9. The van der Waals surface area contributed by atoms with E-state index in [9.17, 15) is 18.3 Å². The molecule has 1 aliphatic carbocycles. The molecule has 32 heavy (non-hydrogen) atoms. The maximum absolute atomic E-state index is 12.9. The van der Waals surface area contributed by atoms with Crippen molar-refractivity contribution in [2.75, 3.05) is 5.32 Å². The van der Waals surface area contributed by atoms with Crippen LogP contribution >= 0.6 is 11.6 Å². The number of urea groups is 1. The summed E-state index contributed by atoms with van der Waals surface area (Å²) in [5, 5.41) is 14.1. The molecule has 0 spiro atoms. The fourth-order valence-corrected chi connectivity index (χ4v) is 5.41. The number of rotatable bonds is 6. The van der Waals surface area contributed by atoms with Crippen LogP contribution in [0.3, 0.4) is 0 Å². The second kappa shape index (κ2) is 9.41. The van der Waals surface area contributed by atoms with Crippen molar-refractivity contribution in [2.45, 2.75) is 75.7 Å². The van der Waals surface area contributed by atoms with E-state index in [1.165, 1.54) is 12.1 Å². The third kappa shape index (κ3) is 5.27. The Balaban J connectivity index is 1.87. The standard InChI is InChI=1S/C24H31ClN2O4S/c1-15(2)20-13-18(25)14-21(16(3)4)22(20)26-23(28)27-32(30,31)19-9-7-8-17(12-19)24(29)10-5-6-11-24/h7-9,12-16,29H,5-6,10-11H2,1-4H3,(H2,26,27,28). The van der Waals surface area contributed by atoms with Gasteiger partial charge in [-0.05, 0) is 65.6 Å². The number of hydrogen-bond donors (Lipinski definition) is 3. The van der Waals surface area contributed by atoms with E-state index in [2.05, 4.69) is 10.0 Å². The molecule has 0 saturated heterocycles. The predicted molar refractivity (Wildman–Crippen MR) is 128 cm³/mol. The number of amides is 2. The van der Waals surface area contributed by atoms with Crippen molar-refractivity contribution in [1.29, 1.82) is 0 Å². The Labute approximate surface area is 195 Å². The molecule has 2 aromatic carbocycles. The maximum Gasteiger partial charge on any atom is 0.333 e. The van der Waals surface area contributed by atoms with Crippen LogP contribution in [-0.4, -0.2) is 19.6 Å². The summed E-state index contributed by atoms with van der Waals surface area (Å²) in [7, 11) is -4.13. The van der Waals surface area contributed by atoms with E-state index < -0.39 is 21.7 Å². The van der Waals surface area contributed by atoms with Gasteiger partial charge in [0, 0.05) is 10.7 Å². The summed E-state index contributed by atoms with van der Waals surface area (Å²) in [4.78, 5) is 12.7. The monoisotopic (exact) mass is 478 g/mol. The SMILES string of the molecule is CC(C)c1cc(Cl)cc(C(C)C)c1NC(=O)NS(=O)(=O)c1cccc(C2(O)CCCC2)c1. The lowest BCUT2D eigenvalue weighted by Gasteiger charge is -2.23. The summed E-state index contributed by atoms with van der Waals surface area (Å²) >= 11 is 6.27. The van der Waals surface area contributed by atoms with Gasteiger partial charge in [0.25, 0.3) is 10.0 Å². The van der Waals surface area contributed by atoms with Gasteiger partial charge in [0.2, 0.25) is 0 Å². The van der Waals surface area contributed by atoms with Crippen LogP contribution in [0.1, 0.15) is 81.9 Å². The van der Waals surface area contributed by atoms with Crippen molar-refractivity contribution < 1.29 is 18.3 Å². The van der Waals surface area contributed by atoms with Crippen molar-refractivity contribution in [3.63, 3.8) is 0 Å². The Morgan fingerprint density at radius 2 is 1.59 bits per heavy atom. The lowest BCUT2D eigenvalue weighted by Crippen LogP contribution is -2.35. The first-order valence-corrected chi connectivity index (χ1v) is 12.8. The molecule has 1 fully saturated rings. The Morgan fingerprint density at radius 3 is 2.12 bits per heavy atom. The Morgan fingerprint density at radius 1 is 1.03 bits per heavy atom. The van der Waals surface area contributed by atoms with Crippen molar-refractivity contribution in [2.24, 2.45) is 0 Å². The molecule has 6 nitrogen and oxygen atoms in total. The predicted octanol–water partition coefficient (Wildman–Crippen LogP) is 5.86. The van der Waals surface area contributed by atoms with Crippen LogP contribution in [0.2, 0.25) is 5.02 Å². The van der Waals surface area contributed by atoms with E-state index >= 15 is 0 Å². The highest BCUT2D eigenvalue weighted by Crippen LogP contribution is 2.39. The summed E-state index contributed by atoms with van der Waals surface area (Å²) in [5.41, 5.74) is 1.77. The Bertz CT molecular complexity index is 1080. The van der Waals surface area contributed by atoms with Gasteiger partial charge < -0.3 is 10.4 Å². The molecule has 174 valence electrons. The highest BCUT2D eigenvalue weighted by molar-refractivity contribution is 7.90. The minimum Gasteiger partial charge on any atom is -0.385 e. The highest BCUT2D eigenvalue weighted by Gasteiger charge is 2.34. The van der Waals surface area contributed by atoms with Crippen molar-refractivity contribution >= 4 is 33.3 Å². The van der Waals surface area contributed by atoms with E-state index in [1.54, 1.807) is 24.3 Å². The molecule has 2 aromatic rings. The number of benzene rings is 2. The summed E-state index contributed by atoms with van der Waals surface area (Å²) in [6.45, 7) is 7.92. The van der Waals surface area contributed by atoms with E-state index in [1.807, 2.05) is 27.7 Å². The number of halogens is 1. The molecule has 0 radical (unpaired) electrons. The average molecular weight is 479 g/mol. The number of hydrogen-bond acceptors (Lipinski definition) is 4. The van der Waals surface area contributed by atoms with Gasteiger partial charge >= 0.3 is 6.03 Å². The molecule has 1 aliphatic rings. The maximum atomic E-state index is 12.9. The average Bonchev–Trinajstić information content (AvgIpc) is 3.16. The van der Waals surface area contributed by atoms with Gasteiger partial charge in [0.15, 0.2) is 0 Å². The van der Waals surface area contributed by atoms with Crippen LogP contribution < -0.4 is 10.0 Å². The molecule has 3 N–H and O–H groups in total. The van der Waals surface area contributed by atoms with Crippen LogP contribution in [0, 0.1) is 0 Å². The lowest BCUT2D eigenvalue weighted by atomic mass is 9.92. The molecule has 0 heterocycles. The third-order valence-electron chi connectivity index (χ3n) is 5.99. The fraction of sp³-hybridized carbons (Fsp3) is 0.458. The van der Waals surface area contributed by atoms with Gasteiger partial charge in [-0.3, -0.25) is 0 Å². The zero-order valence-corrected chi connectivity index (χ0v) is 20.5. The van der Waals surface area contributed by atoms with Crippen LogP contribution in [0.25, 0.3) is 0 Å². The lowest BCUT2D eigenvalue weighted by molar-refractivity contribution is 0.0442. The molecule has 2 amide bonds. The van der Waals surface area contributed by atoms with E-state index in [0.29, 0.717) is 29.1 Å². The topological polar surface area (TPSA) is 95.5 Å². The van der Waals surface area contributed by atoms with Gasteiger partial charge in [-0.15, -0.1) is 0 Å². The Hall–Kier alpha value is -2.09. The van der Waals surface area contributed by atoms with Crippen molar-refractivity contribution in [1.82, 2.24) is 4.72 Å². The second-order valence-corrected chi connectivity index (χ2v) is 11.2. The third-order valence-corrected chi connectivity index (χ3v) is 7.53. The summed E-state index contributed by atoms with van der Waals surface area (Å²) in [5.74, 6) is 0.142. The van der Waals surface area contributed by atoms with Gasteiger partial charge in [-0.25, -0.2) is 17.9 Å². The van der Waals surface area contributed by atoms with E-state index in [4.69, 9.17) is 11.6 Å². The summed E-state index contributed by atoms with van der Waals surface area (Å²) in [6.07, 6.45) is 2.98. The number of aliphatic hydroxyl groups is 1. The largest absolute Gasteiger partial charge is 0.385 e. The molecule has 0 aromatic heterocycles. The molecule has 8 heteroatoms. The minimum atomic E-state index is -4.13. The molecular formula is C24H31ClN2O4S. The Kier molecular flexibility index (Phi) is 7.22. The second-order valence-electron chi connectivity index (χ2n) is 9.09. The van der Waals surface area contributed by atoms with Gasteiger partial charge in [-0.1, -0.05) is 64.3 Å². The minimum absolute atomic E-state index is 0.0604. The molecule has 0 aliphatic heterocycles. The number of sulfonamides is 1. The first-order valence-electron chi connectivity index (χ1n) is 10.9. The quantitative estimate of drug-likeness (QED) is 0.484. The summed E-state index contributed by atoms with van der Waals surface area (Å²) < 4.78 is 27.9. The summed E-state index contributed by atoms with van der Waals surface area (Å²) in [6, 6.07) is 8.90. The van der Waals surface area contributed by atoms with Crippen LogP contribution in [0.15, 0.2) is 41.3 Å². The number of carbonyl (C=O) groups is 1. The molecule has 0 unspecified atom stereocenters. The molecule has 0 bridgehead atoms. The van der Waals surface area contributed by atoms with Crippen molar-refractivity contribution in [3.05, 3.63) is 58.1 Å². The van der Waals surface area contributed by atoms with Crippen molar-refractivity contribution in [3.8, 4) is 0 Å². The fourth-order valence-electron chi connectivity index (χ4n) is 4.23. The number of nitrogens with one attached hydrogen (secondary N) is 2. The zero-order chi connectivity index (χ0) is 23.7. The smallest absolute Gasteiger partial charge is 0.333 e.